The molecule has 29 heavy (non-hydrogen) atoms. The molecule has 9 heteroatoms. The van der Waals surface area contributed by atoms with Gasteiger partial charge in [-0.25, -0.2) is 4.63 Å². The maximum atomic E-state index is 12.7. The third-order valence-corrected chi connectivity index (χ3v) is 6.06. The molecule has 0 aliphatic carbocycles. The second-order valence-corrected chi connectivity index (χ2v) is 7.83. The third kappa shape index (κ3) is 4.43. The number of rotatable bonds is 6. The van der Waals surface area contributed by atoms with Crippen LogP contribution in [0.25, 0.3) is 0 Å². The summed E-state index contributed by atoms with van der Waals surface area (Å²) in [6, 6.07) is 10.5. The zero-order valence-electron chi connectivity index (χ0n) is 16.4. The first-order valence-electron chi connectivity index (χ1n) is 9.67. The number of aromatic nitrogens is 2. The molecule has 2 unspecified atom stereocenters. The number of benzene rings is 1. The van der Waals surface area contributed by atoms with E-state index in [0.29, 0.717) is 11.6 Å². The van der Waals surface area contributed by atoms with Crippen LogP contribution in [-0.4, -0.2) is 59.8 Å². The summed E-state index contributed by atoms with van der Waals surface area (Å²) in [4.78, 5) is 26.7. The van der Waals surface area contributed by atoms with E-state index in [2.05, 4.69) is 49.8 Å². The molecule has 2 aliphatic rings. The standard InChI is InChI=1S/C20H25N5O3.ClH/c1-14-18(24-28-23-14)19(27)22-10-17(26)25-11-16-9-21-12-20(16,13-25)8-7-15-5-3-2-4-6-15;/h2-6,16,21H,7-13H2,1H3,(H,22,27);1H. The molecular formula is C20H26ClN5O3. The van der Waals surface area contributed by atoms with E-state index < -0.39 is 5.91 Å². The van der Waals surface area contributed by atoms with Crippen LogP contribution >= 0.6 is 12.4 Å². The van der Waals surface area contributed by atoms with E-state index in [9.17, 15) is 9.59 Å². The fraction of sp³-hybridized carbons (Fsp3) is 0.500. The number of hydrogen-bond donors (Lipinski definition) is 2. The van der Waals surface area contributed by atoms with Crippen LogP contribution in [0.15, 0.2) is 35.0 Å². The lowest BCUT2D eigenvalue weighted by Gasteiger charge is -2.28. The molecule has 3 heterocycles. The van der Waals surface area contributed by atoms with E-state index >= 15 is 0 Å². The Balaban J connectivity index is 0.00000240. The number of amides is 2. The van der Waals surface area contributed by atoms with Crippen molar-refractivity contribution in [3.63, 3.8) is 0 Å². The summed E-state index contributed by atoms with van der Waals surface area (Å²) in [6.07, 6.45) is 2.06. The lowest BCUT2D eigenvalue weighted by Crippen LogP contribution is -2.41. The van der Waals surface area contributed by atoms with Gasteiger partial charge in [0.05, 0.1) is 6.54 Å². The van der Waals surface area contributed by atoms with Gasteiger partial charge >= 0.3 is 0 Å². The monoisotopic (exact) mass is 419 g/mol. The Morgan fingerprint density at radius 1 is 1.31 bits per heavy atom. The molecule has 2 aliphatic heterocycles. The van der Waals surface area contributed by atoms with Crippen LogP contribution in [0.4, 0.5) is 0 Å². The van der Waals surface area contributed by atoms with Gasteiger partial charge in [-0.3, -0.25) is 9.59 Å². The molecule has 8 nitrogen and oxygen atoms in total. The van der Waals surface area contributed by atoms with Gasteiger partial charge in [0, 0.05) is 31.6 Å². The van der Waals surface area contributed by atoms with E-state index in [1.165, 1.54) is 5.56 Å². The van der Waals surface area contributed by atoms with E-state index in [1.54, 1.807) is 6.92 Å². The van der Waals surface area contributed by atoms with Crippen molar-refractivity contribution >= 4 is 24.2 Å². The fourth-order valence-electron chi connectivity index (χ4n) is 4.40. The number of carbonyl (C=O) groups is 2. The maximum absolute atomic E-state index is 12.7. The number of nitrogens with one attached hydrogen (secondary N) is 2. The highest BCUT2D eigenvalue weighted by Gasteiger charge is 2.50. The molecule has 1 aromatic heterocycles. The average Bonchev–Trinajstić information content (AvgIpc) is 3.39. The van der Waals surface area contributed by atoms with Crippen LogP contribution in [0.3, 0.4) is 0 Å². The van der Waals surface area contributed by atoms with Crippen molar-refractivity contribution in [1.82, 2.24) is 25.8 Å². The Kier molecular flexibility index (Phi) is 6.54. The lowest BCUT2D eigenvalue weighted by atomic mass is 9.76. The molecule has 1 aromatic carbocycles. The minimum Gasteiger partial charge on any atom is -0.341 e. The molecule has 2 aromatic rings. The normalized spacial score (nSPS) is 22.8. The summed E-state index contributed by atoms with van der Waals surface area (Å²) >= 11 is 0. The molecule has 2 amide bonds. The van der Waals surface area contributed by atoms with Gasteiger partial charge in [0.25, 0.3) is 5.91 Å². The average molecular weight is 420 g/mol. The number of likely N-dealkylation sites (tertiary alicyclic amines) is 1. The minimum atomic E-state index is -0.438. The van der Waals surface area contributed by atoms with Crippen molar-refractivity contribution in [2.75, 3.05) is 32.7 Å². The largest absolute Gasteiger partial charge is 0.341 e. The molecule has 0 spiro atoms. The van der Waals surface area contributed by atoms with E-state index in [-0.39, 0.29) is 36.0 Å². The SMILES string of the molecule is Cc1nonc1C(=O)NCC(=O)N1CC2CNCC2(CCc2ccccc2)C1.Cl. The summed E-state index contributed by atoms with van der Waals surface area (Å²) in [6.45, 7) is 4.94. The molecular weight excluding hydrogens is 394 g/mol. The molecule has 2 fully saturated rings. The molecule has 156 valence electrons. The van der Waals surface area contributed by atoms with Crippen molar-refractivity contribution in [3.8, 4) is 0 Å². The first kappa shape index (κ1) is 21.3. The summed E-state index contributed by atoms with van der Waals surface area (Å²) in [5.41, 5.74) is 1.97. The van der Waals surface area contributed by atoms with Crippen molar-refractivity contribution in [1.29, 1.82) is 0 Å². The number of fused-ring (bicyclic) bond motifs is 1. The highest BCUT2D eigenvalue weighted by molar-refractivity contribution is 5.95. The molecule has 2 N–H and O–H groups in total. The van der Waals surface area contributed by atoms with Crippen LogP contribution < -0.4 is 10.6 Å². The van der Waals surface area contributed by atoms with Crippen molar-refractivity contribution in [2.45, 2.75) is 19.8 Å². The first-order chi connectivity index (χ1) is 13.6. The maximum Gasteiger partial charge on any atom is 0.275 e. The van der Waals surface area contributed by atoms with Crippen LogP contribution in [0, 0.1) is 18.3 Å². The lowest BCUT2D eigenvalue weighted by molar-refractivity contribution is -0.129. The van der Waals surface area contributed by atoms with Crippen molar-refractivity contribution in [3.05, 3.63) is 47.3 Å². The summed E-state index contributed by atoms with van der Waals surface area (Å²) in [5.74, 6) is -0.0410. The van der Waals surface area contributed by atoms with Gasteiger partial charge in [0.15, 0.2) is 5.69 Å². The Hall–Kier alpha value is -2.45. The van der Waals surface area contributed by atoms with Gasteiger partial charge in [-0.15, -0.1) is 12.4 Å². The summed E-state index contributed by atoms with van der Waals surface area (Å²) < 4.78 is 4.54. The molecule has 2 saturated heterocycles. The van der Waals surface area contributed by atoms with E-state index in [4.69, 9.17) is 0 Å². The number of carbonyl (C=O) groups excluding carboxylic acids is 2. The number of hydrogen-bond acceptors (Lipinski definition) is 6. The van der Waals surface area contributed by atoms with Crippen LogP contribution in [-0.2, 0) is 11.2 Å². The third-order valence-electron chi connectivity index (χ3n) is 6.06. The summed E-state index contributed by atoms with van der Waals surface area (Å²) in [7, 11) is 0. The van der Waals surface area contributed by atoms with Crippen molar-refractivity contribution < 1.29 is 14.2 Å². The zero-order valence-corrected chi connectivity index (χ0v) is 17.2. The quantitative estimate of drug-likeness (QED) is 0.730. The van der Waals surface area contributed by atoms with Gasteiger partial charge < -0.3 is 15.5 Å². The van der Waals surface area contributed by atoms with Crippen LogP contribution in [0.1, 0.15) is 28.2 Å². The van der Waals surface area contributed by atoms with Gasteiger partial charge in [-0.05, 0) is 36.4 Å². The van der Waals surface area contributed by atoms with Gasteiger partial charge in [0.2, 0.25) is 5.91 Å². The highest BCUT2D eigenvalue weighted by atomic mass is 35.5. The van der Waals surface area contributed by atoms with Crippen LogP contribution in [0.5, 0.6) is 0 Å². The molecule has 0 radical (unpaired) electrons. The zero-order chi connectivity index (χ0) is 19.6. The highest BCUT2D eigenvalue weighted by Crippen LogP contribution is 2.42. The Labute approximate surface area is 175 Å². The van der Waals surface area contributed by atoms with Crippen molar-refractivity contribution in [2.24, 2.45) is 11.3 Å². The minimum absolute atomic E-state index is 0. The Morgan fingerprint density at radius 2 is 2.10 bits per heavy atom. The van der Waals surface area contributed by atoms with E-state index in [1.807, 2.05) is 11.0 Å². The molecule has 0 bridgehead atoms. The van der Waals surface area contributed by atoms with Gasteiger partial charge in [-0.2, -0.15) is 0 Å². The topological polar surface area (TPSA) is 100 Å². The van der Waals surface area contributed by atoms with E-state index in [0.717, 1.165) is 39.0 Å². The number of nitrogens with zero attached hydrogens (tertiary/aromatic N) is 3. The fourth-order valence-corrected chi connectivity index (χ4v) is 4.40. The molecule has 0 saturated carbocycles. The molecule has 4 rings (SSSR count). The Bertz CT molecular complexity index is 859. The Morgan fingerprint density at radius 3 is 2.83 bits per heavy atom. The second-order valence-electron chi connectivity index (χ2n) is 7.83. The summed E-state index contributed by atoms with van der Waals surface area (Å²) in [5, 5.41) is 13.3. The van der Waals surface area contributed by atoms with Crippen LogP contribution in [0.2, 0.25) is 0 Å². The van der Waals surface area contributed by atoms with Gasteiger partial charge in [0.1, 0.15) is 5.69 Å². The second kappa shape index (κ2) is 8.92. The predicted molar refractivity (Wildman–Crippen MR) is 109 cm³/mol. The number of halogens is 1. The first-order valence-corrected chi connectivity index (χ1v) is 9.67. The smallest absolute Gasteiger partial charge is 0.275 e. The number of aryl methyl sites for hydroxylation is 2. The van der Waals surface area contributed by atoms with Gasteiger partial charge in [-0.1, -0.05) is 35.5 Å². The predicted octanol–water partition coefficient (Wildman–Crippen LogP) is 1.21. The molecule has 2 atom stereocenters.